The van der Waals surface area contributed by atoms with E-state index in [4.69, 9.17) is 5.73 Å². The molecular weight excluding hydrogens is 316 g/mol. The summed E-state index contributed by atoms with van der Waals surface area (Å²) in [6.45, 7) is 0.166. The molecule has 2 heterocycles. The van der Waals surface area contributed by atoms with Gasteiger partial charge in [-0.25, -0.2) is 13.1 Å². The van der Waals surface area contributed by atoms with Crippen LogP contribution < -0.4 is 10.5 Å². The second kappa shape index (κ2) is 6.16. The zero-order valence-corrected chi connectivity index (χ0v) is 12.4. The van der Waals surface area contributed by atoms with Crippen molar-refractivity contribution in [2.24, 2.45) is 0 Å². The van der Waals surface area contributed by atoms with Crippen LogP contribution >= 0.6 is 11.3 Å². The van der Waals surface area contributed by atoms with Crippen LogP contribution in [0.2, 0.25) is 0 Å². The van der Waals surface area contributed by atoms with E-state index in [0.29, 0.717) is 17.8 Å². The maximum absolute atomic E-state index is 12.0. The lowest BCUT2D eigenvalue weighted by Crippen LogP contribution is -2.25. The van der Waals surface area contributed by atoms with Crippen molar-refractivity contribution in [3.63, 3.8) is 0 Å². The van der Waals surface area contributed by atoms with Crippen molar-refractivity contribution in [1.82, 2.24) is 9.71 Å². The highest BCUT2D eigenvalue weighted by Gasteiger charge is 2.24. The molecule has 8 nitrogen and oxygen atoms in total. The Hall–Kier alpha value is -2.04. The van der Waals surface area contributed by atoms with Gasteiger partial charge in [0, 0.05) is 25.0 Å². The highest BCUT2D eigenvalue weighted by Crippen LogP contribution is 2.34. The number of aromatic nitrogens is 1. The Morgan fingerprint density at radius 1 is 1.48 bits per heavy atom. The summed E-state index contributed by atoms with van der Waals surface area (Å²) in [5, 5.41) is 10.5. The van der Waals surface area contributed by atoms with E-state index >= 15 is 0 Å². The molecule has 0 aliphatic rings. The maximum atomic E-state index is 12.0. The third-order valence-electron chi connectivity index (χ3n) is 2.61. The van der Waals surface area contributed by atoms with E-state index in [1.54, 1.807) is 18.5 Å². The number of thiophene rings is 1. The molecule has 0 aliphatic heterocycles. The first-order valence-corrected chi connectivity index (χ1v) is 8.12. The Morgan fingerprint density at radius 3 is 2.81 bits per heavy atom. The molecule has 0 atom stereocenters. The number of hydrogen-bond donors (Lipinski definition) is 2. The van der Waals surface area contributed by atoms with Gasteiger partial charge in [0.1, 0.15) is 4.21 Å². The molecule has 112 valence electrons. The number of pyridine rings is 1. The van der Waals surface area contributed by atoms with E-state index in [9.17, 15) is 18.5 Å². The molecule has 2 aromatic heterocycles. The van der Waals surface area contributed by atoms with Crippen molar-refractivity contribution < 1.29 is 13.3 Å². The maximum Gasteiger partial charge on any atom is 0.304 e. The minimum atomic E-state index is -3.80. The van der Waals surface area contributed by atoms with Gasteiger partial charge in [-0.05, 0) is 18.1 Å². The number of sulfonamides is 1. The number of nitrogen functional groups attached to an aromatic ring is 1. The molecular formula is C11H12N4O4S2. The molecule has 21 heavy (non-hydrogen) atoms. The Labute approximate surface area is 124 Å². The van der Waals surface area contributed by atoms with Crippen LogP contribution in [0.4, 0.5) is 10.7 Å². The second-order valence-electron chi connectivity index (χ2n) is 4.08. The Bertz CT molecular complexity index is 743. The van der Waals surface area contributed by atoms with E-state index < -0.39 is 20.6 Å². The lowest BCUT2D eigenvalue weighted by molar-refractivity contribution is -0.383. The van der Waals surface area contributed by atoms with Crippen molar-refractivity contribution in [3.8, 4) is 0 Å². The minimum Gasteiger partial charge on any atom is -0.385 e. The van der Waals surface area contributed by atoms with Crippen molar-refractivity contribution in [3.05, 3.63) is 46.3 Å². The summed E-state index contributed by atoms with van der Waals surface area (Å²) in [7, 11) is -3.80. The molecule has 3 N–H and O–H groups in total. The summed E-state index contributed by atoms with van der Waals surface area (Å²) in [5.74, 6) is 0. The van der Waals surface area contributed by atoms with Crippen LogP contribution in [0, 0.1) is 10.1 Å². The number of nitrogens with two attached hydrogens (primary N) is 1. The molecule has 2 rings (SSSR count). The summed E-state index contributed by atoms with van der Waals surface area (Å²) in [6, 6.07) is 4.55. The van der Waals surface area contributed by atoms with Crippen molar-refractivity contribution in [2.75, 3.05) is 12.3 Å². The third-order valence-corrected chi connectivity index (χ3v) is 5.50. The van der Waals surface area contributed by atoms with Gasteiger partial charge in [0.05, 0.1) is 4.92 Å². The highest BCUT2D eigenvalue weighted by molar-refractivity contribution is 7.91. The number of anilines is 1. The molecule has 10 heteroatoms. The normalized spacial score (nSPS) is 11.4. The van der Waals surface area contributed by atoms with Gasteiger partial charge in [-0.3, -0.25) is 15.1 Å². The standard InChI is InChI=1S/C11H12N4O4S2/c12-11-9(15(16)17)6-10(20-11)21(18,19)14-5-3-8-2-1-4-13-7-8/h1-2,4,6-7,14H,3,5,12H2. The van der Waals surface area contributed by atoms with Gasteiger partial charge < -0.3 is 5.73 Å². The predicted molar refractivity (Wildman–Crippen MR) is 78.5 cm³/mol. The molecule has 0 unspecified atom stereocenters. The molecule has 2 aromatic rings. The van der Waals surface area contributed by atoms with E-state index in [0.717, 1.165) is 11.6 Å². The lowest BCUT2D eigenvalue weighted by Gasteiger charge is -2.04. The van der Waals surface area contributed by atoms with E-state index in [-0.39, 0.29) is 15.8 Å². The van der Waals surface area contributed by atoms with Crippen molar-refractivity contribution in [1.29, 1.82) is 0 Å². The molecule has 0 aliphatic carbocycles. The van der Waals surface area contributed by atoms with Gasteiger partial charge in [-0.15, -0.1) is 0 Å². The zero-order valence-electron chi connectivity index (χ0n) is 10.7. The van der Waals surface area contributed by atoms with Gasteiger partial charge in [-0.2, -0.15) is 0 Å². The Kier molecular flexibility index (Phi) is 4.50. The van der Waals surface area contributed by atoms with Crippen LogP contribution in [-0.2, 0) is 16.4 Å². The van der Waals surface area contributed by atoms with Crippen LogP contribution in [0.25, 0.3) is 0 Å². The fourth-order valence-corrected chi connectivity index (χ4v) is 3.88. The molecule has 0 bridgehead atoms. The molecule has 0 aromatic carbocycles. The van der Waals surface area contributed by atoms with Crippen LogP contribution in [0.1, 0.15) is 5.56 Å². The number of nitro groups is 1. The smallest absolute Gasteiger partial charge is 0.304 e. The molecule has 0 saturated carbocycles. The van der Waals surface area contributed by atoms with Crippen molar-refractivity contribution in [2.45, 2.75) is 10.6 Å². The summed E-state index contributed by atoms with van der Waals surface area (Å²) >= 11 is 0.669. The highest BCUT2D eigenvalue weighted by atomic mass is 32.2. The molecule has 0 radical (unpaired) electrons. The van der Waals surface area contributed by atoms with Gasteiger partial charge in [-0.1, -0.05) is 17.4 Å². The molecule has 0 amide bonds. The largest absolute Gasteiger partial charge is 0.385 e. The summed E-state index contributed by atoms with van der Waals surface area (Å²) in [5.41, 5.74) is 5.93. The topological polar surface area (TPSA) is 128 Å². The van der Waals surface area contributed by atoms with E-state index in [2.05, 4.69) is 9.71 Å². The average Bonchev–Trinajstić information content (AvgIpc) is 2.83. The third kappa shape index (κ3) is 3.74. The van der Waals surface area contributed by atoms with Crippen LogP contribution in [0.5, 0.6) is 0 Å². The number of rotatable bonds is 6. The van der Waals surface area contributed by atoms with Crippen molar-refractivity contribution >= 4 is 32.0 Å². The number of nitrogens with zero attached hydrogens (tertiary/aromatic N) is 2. The van der Waals surface area contributed by atoms with Crippen LogP contribution in [0.3, 0.4) is 0 Å². The Morgan fingerprint density at radius 2 is 2.24 bits per heavy atom. The first kappa shape index (κ1) is 15.4. The lowest BCUT2D eigenvalue weighted by atomic mass is 10.2. The quantitative estimate of drug-likeness (QED) is 0.604. The van der Waals surface area contributed by atoms with Gasteiger partial charge in [0.25, 0.3) is 0 Å². The monoisotopic (exact) mass is 328 g/mol. The van der Waals surface area contributed by atoms with E-state index in [1.165, 1.54) is 0 Å². The first-order valence-electron chi connectivity index (χ1n) is 5.82. The predicted octanol–water partition coefficient (Wildman–Crippen LogP) is 1.15. The summed E-state index contributed by atoms with van der Waals surface area (Å²) < 4.78 is 26.2. The number of nitrogens with one attached hydrogen (secondary N) is 1. The Balaban J connectivity index is 2.05. The van der Waals surface area contributed by atoms with Crippen LogP contribution in [0.15, 0.2) is 34.8 Å². The average molecular weight is 328 g/mol. The molecule has 0 saturated heterocycles. The van der Waals surface area contributed by atoms with Gasteiger partial charge in [0.2, 0.25) is 10.0 Å². The van der Waals surface area contributed by atoms with Gasteiger partial charge >= 0.3 is 5.69 Å². The van der Waals surface area contributed by atoms with E-state index in [1.807, 2.05) is 6.07 Å². The second-order valence-corrected chi connectivity index (χ2v) is 7.16. The summed E-state index contributed by atoms with van der Waals surface area (Å²) in [6.07, 6.45) is 3.74. The zero-order chi connectivity index (χ0) is 15.5. The molecule has 0 fully saturated rings. The first-order chi connectivity index (χ1) is 9.90. The van der Waals surface area contributed by atoms with Crippen LogP contribution in [-0.4, -0.2) is 24.9 Å². The van der Waals surface area contributed by atoms with Gasteiger partial charge in [0.15, 0.2) is 5.00 Å². The summed E-state index contributed by atoms with van der Waals surface area (Å²) in [4.78, 5) is 13.9. The fraction of sp³-hybridized carbons (Fsp3) is 0.182. The number of hydrogen-bond acceptors (Lipinski definition) is 7. The minimum absolute atomic E-state index is 0.132. The SMILES string of the molecule is Nc1sc(S(=O)(=O)NCCc2cccnc2)cc1[N+](=O)[O-]. The molecule has 0 spiro atoms. The fourth-order valence-electron chi connectivity index (χ4n) is 1.59.